The average Bonchev–Trinajstić information content (AvgIpc) is 2.62. The van der Waals surface area contributed by atoms with Crippen molar-refractivity contribution in [1.82, 2.24) is 0 Å². The molecule has 0 bridgehead atoms. The summed E-state index contributed by atoms with van der Waals surface area (Å²) in [5.41, 5.74) is 3.96. The van der Waals surface area contributed by atoms with Gasteiger partial charge in [0.15, 0.2) is 5.78 Å². The molecule has 0 saturated heterocycles. The lowest BCUT2D eigenvalue weighted by atomic mass is 9.99. The molecular formula is C24H26O3. The van der Waals surface area contributed by atoms with Gasteiger partial charge in [0, 0.05) is 5.56 Å². The van der Waals surface area contributed by atoms with Crippen molar-refractivity contribution in [3.05, 3.63) is 89.0 Å². The van der Waals surface area contributed by atoms with Gasteiger partial charge in [-0.05, 0) is 75.2 Å². The first-order valence-corrected chi connectivity index (χ1v) is 8.86. The molecule has 0 heterocycles. The van der Waals surface area contributed by atoms with Gasteiger partial charge in [-0.1, -0.05) is 35.9 Å². The number of carbonyl (C=O) groups is 1. The van der Waals surface area contributed by atoms with Crippen molar-refractivity contribution in [3.8, 4) is 17.2 Å². The normalized spacial score (nSPS) is 9.81. The minimum atomic E-state index is 0.0796. The highest BCUT2D eigenvalue weighted by molar-refractivity contribution is 5.97. The Morgan fingerprint density at radius 3 is 1.67 bits per heavy atom. The number of rotatable bonds is 4. The van der Waals surface area contributed by atoms with E-state index in [-0.39, 0.29) is 5.78 Å². The Bertz CT molecular complexity index is 858. The number of aryl methyl sites for hydroxylation is 3. The van der Waals surface area contributed by atoms with E-state index in [9.17, 15) is 4.79 Å². The molecule has 0 aliphatic rings. The van der Waals surface area contributed by atoms with Crippen molar-refractivity contribution in [1.29, 1.82) is 0 Å². The molecule has 0 unspecified atom stereocenters. The van der Waals surface area contributed by atoms with Crippen molar-refractivity contribution < 1.29 is 14.3 Å². The highest BCUT2D eigenvalue weighted by Gasteiger charge is 2.10. The minimum absolute atomic E-state index is 0.0796. The second-order valence-electron chi connectivity index (χ2n) is 6.42. The van der Waals surface area contributed by atoms with Gasteiger partial charge < -0.3 is 9.47 Å². The number of hydrogen-bond acceptors (Lipinski definition) is 3. The number of ketones is 1. The zero-order chi connectivity index (χ0) is 19.8. The number of carbonyl (C=O) groups excluding carboxylic acids is 1. The lowest BCUT2D eigenvalue weighted by Gasteiger charge is -2.11. The van der Waals surface area contributed by atoms with E-state index < -0.39 is 0 Å². The second-order valence-corrected chi connectivity index (χ2v) is 6.42. The van der Waals surface area contributed by atoms with Crippen molar-refractivity contribution in [2.24, 2.45) is 0 Å². The summed E-state index contributed by atoms with van der Waals surface area (Å²) in [6.45, 7) is 7.51. The Balaban J connectivity index is 0.000000313. The monoisotopic (exact) mass is 362 g/mol. The molecule has 0 saturated carbocycles. The standard InChI is InChI=1S/C17H18O3.C7H8/c1-11-9-16(10-12(2)17(11)13(3)18)20-15-7-5-14(19-4)6-8-15;1-7-5-3-2-4-6-7/h5-10H,1-4H3;2-6H,1H3. The molecule has 0 N–H and O–H groups in total. The van der Waals surface area contributed by atoms with Gasteiger partial charge in [-0.15, -0.1) is 0 Å². The molecule has 0 atom stereocenters. The van der Waals surface area contributed by atoms with E-state index in [0.717, 1.165) is 33.9 Å². The van der Waals surface area contributed by atoms with Crippen LogP contribution in [0.2, 0.25) is 0 Å². The number of Topliss-reactive ketones (excluding diaryl/α,β-unsaturated/α-hetero) is 1. The molecule has 0 aliphatic carbocycles. The molecular weight excluding hydrogens is 336 g/mol. The number of hydrogen-bond donors (Lipinski definition) is 0. The van der Waals surface area contributed by atoms with Gasteiger partial charge in [0.05, 0.1) is 7.11 Å². The van der Waals surface area contributed by atoms with E-state index in [1.165, 1.54) is 5.56 Å². The lowest BCUT2D eigenvalue weighted by Crippen LogP contribution is -2.00. The van der Waals surface area contributed by atoms with Crippen molar-refractivity contribution >= 4 is 5.78 Å². The molecule has 3 aromatic rings. The molecule has 0 spiro atoms. The number of methoxy groups -OCH3 is 1. The maximum atomic E-state index is 11.6. The van der Waals surface area contributed by atoms with E-state index in [4.69, 9.17) is 9.47 Å². The Kier molecular flexibility index (Phi) is 7.18. The van der Waals surface area contributed by atoms with E-state index in [0.29, 0.717) is 0 Å². The van der Waals surface area contributed by atoms with Crippen molar-refractivity contribution in [3.63, 3.8) is 0 Å². The summed E-state index contributed by atoms with van der Waals surface area (Å²) in [7, 11) is 1.63. The molecule has 3 heteroatoms. The first kappa shape index (κ1) is 20.2. The predicted octanol–water partition coefficient (Wildman–Crippen LogP) is 6.30. The molecule has 3 aromatic carbocycles. The summed E-state index contributed by atoms with van der Waals surface area (Å²) in [6.07, 6.45) is 0. The summed E-state index contributed by atoms with van der Waals surface area (Å²) in [5, 5.41) is 0. The molecule has 140 valence electrons. The van der Waals surface area contributed by atoms with Crippen LogP contribution in [0.1, 0.15) is 34.0 Å². The average molecular weight is 362 g/mol. The quantitative estimate of drug-likeness (QED) is 0.511. The Labute approximate surface area is 161 Å². The van der Waals surface area contributed by atoms with E-state index >= 15 is 0 Å². The zero-order valence-corrected chi connectivity index (χ0v) is 16.6. The molecule has 0 aromatic heterocycles. The van der Waals surface area contributed by atoms with E-state index in [2.05, 4.69) is 19.1 Å². The third kappa shape index (κ3) is 6.00. The second kappa shape index (κ2) is 9.58. The smallest absolute Gasteiger partial charge is 0.160 e. The molecule has 0 aliphatic heterocycles. The molecule has 0 amide bonds. The van der Waals surface area contributed by atoms with Gasteiger partial charge in [0.25, 0.3) is 0 Å². The Morgan fingerprint density at radius 2 is 1.26 bits per heavy atom. The van der Waals surface area contributed by atoms with Crippen LogP contribution in [0, 0.1) is 20.8 Å². The predicted molar refractivity (Wildman–Crippen MR) is 110 cm³/mol. The van der Waals surface area contributed by atoms with Gasteiger partial charge in [0.2, 0.25) is 0 Å². The Morgan fingerprint density at radius 1 is 0.741 bits per heavy atom. The van der Waals surface area contributed by atoms with Crippen LogP contribution in [0.5, 0.6) is 17.2 Å². The number of ether oxygens (including phenoxy) is 2. The summed E-state index contributed by atoms with van der Waals surface area (Å²) in [6, 6.07) is 21.4. The topological polar surface area (TPSA) is 35.5 Å². The summed E-state index contributed by atoms with van der Waals surface area (Å²) < 4.78 is 10.9. The van der Waals surface area contributed by atoms with E-state index in [1.807, 2.05) is 68.4 Å². The fourth-order valence-corrected chi connectivity index (χ4v) is 2.85. The fraction of sp³-hybridized carbons (Fsp3) is 0.208. The third-order valence-corrected chi connectivity index (χ3v) is 4.09. The van der Waals surface area contributed by atoms with Crippen LogP contribution in [-0.4, -0.2) is 12.9 Å². The first-order chi connectivity index (χ1) is 12.9. The SMILES string of the molecule is COc1ccc(Oc2cc(C)c(C(C)=O)c(C)c2)cc1.Cc1ccccc1. The minimum Gasteiger partial charge on any atom is -0.497 e. The van der Waals surface area contributed by atoms with Gasteiger partial charge in [0.1, 0.15) is 17.2 Å². The molecule has 0 fully saturated rings. The highest BCUT2D eigenvalue weighted by Crippen LogP contribution is 2.27. The summed E-state index contributed by atoms with van der Waals surface area (Å²) in [4.78, 5) is 11.6. The maximum absolute atomic E-state index is 11.6. The molecule has 3 nitrogen and oxygen atoms in total. The third-order valence-electron chi connectivity index (χ3n) is 4.09. The number of benzene rings is 3. The Hall–Kier alpha value is -3.07. The van der Waals surface area contributed by atoms with Crippen LogP contribution < -0.4 is 9.47 Å². The zero-order valence-electron chi connectivity index (χ0n) is 16.6. The fourth-order valence-electron chi connectivity index (χ4n) is 2.85. The largest absolute Gasteiger partial charge is 0.497 e. The molecule has 0 radical (unpaired) electrons. The van der Waals surface area contributed by atoms with Crippen LogP contribution in [0.4, 0.5) is 0 Å². The van der Waals surface area contributed by atoms with Crippen LogP contribution >= 0.6 is 0 Å². The first-order valence-electron chi connectivity index (χ1n) is 8.86. The van der Waals surface area contributed by atoms with Crippen LogP contribution in [0.25, 0.3) is 0 Å². The highest BCUT2D eigenvalue weighted by atomic mass is 16.5. The van der Waals surface area contributed by atoms with Crippen LogP contribution in [-0.2, 0) is 0 Å². The van der Waals surface area contributed by atoms with Gasteiger partial charge in [-0.2, -0.15) is 0 Å². The van der Waals surface area contributed by atoms with E-state index in [1.54, 1.807) is 14.0 Å². The lowest BCUT2D eigenvalue weighted by molar-refractivity contribution is 0.101. The summed E-state index contributed by atoms with van der Waals surface area (Å²) >= 11 is 0. The molecule has 27 heavy (non-hydrogen) atoms. The summed E-state index contributed by atoms with van der Waals surface area (Å²) in [5.74, 6) is 2.34. The van der Waals surface area contributed by atoms with Crippen LogP contribution in [0.15, 0.2) is 66.7 Å². The van der Waals surface area contributed by atoms with Gasteiger partial charge >= 0.3 is 0 Å². The molecule has 3 rings (SSSR count). The van der Waals surface area contributed by atoms with Crippen molar-refractivity contribution in [2.75, 3.05) is 7.11 Å². The van der Waals surface area contributed by atoms with Crippen molar-refractivity contribution in [2.45, 2.75) is 27.7 Å². The maximum Gasteiger partial charge on any atom is 0.160 e. The van der Waals surface area contributed by atoms with Crippen LogP contribution in [0.3, 0.4) is 0 Å². The van der Waals surface area contributed by atoms with Gasteiger partial charge in [-0.3, -0.25) is 4.79 Å². The van der Waals surface area contributed by atoms with Gasteiger partial charge in [-0.25, -0.2) is 0 Å².